The normalized spacial score (nSPS) is 12.3. The van der Waals surface area contributed by atoms with Crippen LogP contribution in [0.25, 0.3) is 12.2 Å². The first-order valence-electron chi connectivity index (χ1n) is 8.01. The Labute approximate surface area is 151 Å². The number of phenolic OH excluding ortho intramolecular Hbond substituents is 1. The van der Waals surface area contributed by atoms with Gasteiger partial charge in [0.05, 0.1) is 12.0 Å². The molecule has 136 valence electrons. The lowest BCUT2D eigenvalue weighted by Gasteiger charge is -2.17. The number of primary amides is 1. The number of aromatic hydroxyl groups is 1. The average Bonchev–Trinajstić information content (AvgIpc) is 3.03. The van der Waals surface area contributed by atoms with E-state index in [4.69, 9.17) is 5.73 Å². The van der Waals surface area contributed by atoms with Crippen LogP contribution >= 0.6 is 0 Å². The van der Waals surface area contributed by atoms with Crippen molar-refractivity contribution in [1.29, 1.82) is 0 Å². The molecule has 0 radical (unpaired) electrons. The third-order valence-electron chi connectivity index (χ3n) is 3.57. The number of hydrogen-bond donors (Lipinski definition) is 4. The minimum Gasteiger partial charge on any atom is -0.507 e. The van der Waals surface area contributed by atoms with E-state index in [0.29, 0.717) is 11.3 Å². The van der Waals surface area contributed by atoms with Crippen molar-refractivity contribution in [3.05, 3.63) is 59.3 Å². The number of carbonyl (C=O) groups excluding carboxylic acids is 2. The molecule has 1 heterocycles. The SMILES string of the molecule is CC(C)(C)c1[nH]cnc1C=CC(=O)NC(=Cc1ccccc1O)C(N)=O. The molecule has 0 aliphatic rings. The molecule has 0 fully saturated rings. The number of phenols is 1. The zero-order chi connectivity index (χ0) is 19.3. The number of nitrogens with one attached hydrogen (secondary N) is 2. The second kappa shape index (κ2) is 7.69. The molecule has 0 aliphatic carbocycles. The van der Waals surface area contributed by atoms with Gasteiger partial charge < -0.3 is 21.1 Å². The van der Waals surface area contributed by atoms with Gasteiger partial charge in [-0.15, -0.1) is 0 Å². The number of rotatable bonds is 5. The molecule has 1 aromatic heterocycles. The highest BCUT2D eigenvalue weighted by molar-refractivity contribution is 6.03. The molecule has 0 atom stereocenters. The van der Waals surface area contributed by atoms with Crippen molar-refractivity contribution in [2.45, 2.75) is 26.2 Å². The van der Waals surface area contributed by atoms with Crippen LogP contribution in [-0.2, 0) is 15.0 Å². The van der Waals surface area contributed by atoms with Gasteiger partial charge in [0.1, 0.15) is 11.4 Å². The lowest BCUT2D eigenvalue weighted by molar-refractivity contribution is -0.119. The monoisotopic (exact) mass is 354 g/mol. The van der Waals surface area contributed by atoms with Crippen LogP contribution in [-0.4, -0.2) is 26.9 Å². The molecule has 0 aliphatic heterocycles. The number of nitrogens with two attached hydrogens (primary N) is 1. The summed E-state index contributed by atoms with van der Waals surface area (Å²) in [4.78, 5) is 31.0. The molecule has 0 saturated carbocycles. The summed E-state index contributed by atoms with van der Waals surface area (Å²) in [6.45, 7) is 6.08. The van der Waals surface area contributed by atoms with Gasteiger partial charge in [0, 0.05) is 22.7 Å². The van der Waals surface area contributed by atoms with Gasteiger partial charge in [-0.3, -0.25) is 9.59 Å². The number of amides is 2. The van der Waals surface area contributed by atoms with Gasteiger partial charge in [0.2, 0.25) is 5.91 Å². The quantitative estimate of drug-likeness (QED) is 0.614. The number of hydrogen-bond acceptors (Lipinski definition) is 4. The van der Waals surface area contributed by atoms with Crippen LogP contribution < -0.4 is 11.1 Å². The summed E-state index contributed by atoms with van der Waals surface area (Å²) in [5.41, 5.74) is 6.92. The lowest BCUT2D eigenvalue weighted by Crippen LogP contribution is -2.29. The van der Waals surface area contributed by atoms with E-state index in [-0.39, 0.29) is 16.9 Å². The van der Waals surface area contributed by atoms with Gasteiger partial charge in [-0.25, -0.2) is 4.98 Å². The van der Waals surface area contributed by atoms with Gasteiger partial charge >= 0.3 is 0 Å². The van der Waals surface area contributed by atoms with Crippen LogP contribution in [0.4, 0.5) is 0 Å². The third-order valence-corrected chi connectivity index (χ3v) is 3.57. The van der Waals surface area contributed by atoms with E-state index in [1.807, 2.05) is 20.8 Å². The third kappa shape index (κ3) is 4.83. The molecule has 0 saturated heterocycles. The predicted molar refractivity (Wildman–Crippen MR) is 99.7 cm³/mol. The fraction of sp³-hybridized carbons (Fsp3) is 0.211. The van der Waals surface area contributed by atoms with E-state index < -0.39 is 11.8 Å². The van der Waals surface area contributed by atoms with E-state index in [2.05, 4.69) is 15.3 Å². The summed E-state index contributed by atoms with van der Waals surface area (Å²) in [6.07, 6.45) is 5.71. The molecule has 7 heteroatoms. The first-order chi connectivity index (χ1) is 12.2. The van der Waals surface area contributed by atoms with Crippen molar-refractivity contribution in [1.82, 2.24) is 15.3 Å². The Morgan fingerprint density at radius 3 is 2.58 bits per heavy atom. The molecule has 2 rings (SSSR count). The summed E-state index contributed by atoms with van der Waals surface area (Å²) in [6, 6.07) is 6.41. The number of aromatic nitrogens is 2. The summed E-state index contributed by atoms with van der Waals surface area (Å²) in [5, 5.41) is 12.2. The van der Waals surface area contributed by atoms with Crippen LogP contribution in [0.2, 0.25) is 0 Å². The van der Waals surface area contributed by atoms with Crippen LogP contribution in [0.15, 0.2) is 42.4 Å². The number of benzene rings is 1. The molecular formula is C19H22N4O3. The Bertz CT molecular complexity index is 873. The maximum atomic E-state index is 12.1. The second-order valence-corrected chi connectivity index (χ2v) is 6.72. The van der Waals surface area contributed by atoms with Crippen LogP contribution in [0.5, 0.6) is 5.75 Å². The van der Waals surface area contributed by atoms with E-state index >= 15 is 0 Å². The van der Waals surface area contributed by atoms with Crippen LogP contribution in [0.3, 0.4) is 0 Å². The van der Waals surface area contributed by atoms with Gasteiger partial charge in [-0.2, -0.15) is 0 Å². The molecule has 2 amide bonds. The number of nitrogens with zero attached hydrogens (tertiary/aromatic N) is 1. The van der Waals surface area contributed by atoms with Crippen molar-refractivity contribution in [3.63, 3.8) is 0 Å². The number of para-hydroxylation sites is 1. The minimum absolute atomic E-state index is 0.0256. The smallest absolute Gasteiger partial charge is 0.265 e. The van der Waals surface area contributed by atoms with Gasteiger partial charge in [0.25, 0.3) is 5.91 Å². The van der Waals surface area contributed by atoms with Crippen molar-refractivity contribution in [3.8, 4) is 5.75 Å². The van der Waals surface area contributed by atoms with E-state index in [0.717, 1.165) is 5.69 Å². The topological polar surface area (TPSA) is 121 Å². The van der Waals surface area contributed by atoms with Crippen LogP contribution in [0.1, 0.15) is 37.7 Å². The van der Waals surface area contributed by atoms with Gasteiger partial charge in [0.15, 0.2) is 0 Å². The Morgan fingerprint density at radius 2 is 1.96 bits per heavy atom. The van der Waals surface area contributed by atoms with Crippen molar-refractivity contribution in [2.24, 2.45) is 5.73 Å². The highest BCUT2D eigenvalue weighted by atomic mass is 16.3. The molecule has 0 spiro atoms. The summed E-state index contributed by atoms with van der Waals surface area (Å²) in [7, 11) is 0. The van der Waals surface area contributed by atoms with Crippen molar-refractivity contribution >= 4 is 24.0 Å². The van der Waals surface area contributed by atoms with E-state index in [1.54, 1.807) is 30.6 Å². The second-order valence-electron chi connectivity index (χ2n) is 6.72. The maximum Gasteiger partial charge on any atom is 0.265 e. The fourth-order valence-corrected chi connectivity index (χ4v) is 2.29. The summed E-state index contributed by atoms with van der Waals surface area (Å²) < 4.78 is 0. The molecule has 1 aromatic carbocycles. The van der Waals surface area contributed by atoms with Crippen molar-refractivity contribution in [2.75, 3.05) is 0 Å². The summed E-state index contributed by atoms with van der Waals surface area (Å²) in [5.74, 6) is -1.37. The highest BCUT2D eigenvalue weighted by Gasteiger charge is 2.19. The first kappa shape index (κ1) is 19.0. The average molecular weight is 354 g/mol. The van der Waals surface area contributed by atoms with Crippen LogP contribution in [0, 0.1) is 0 Å². The number of H-pyrrole nitrogens is 1. The van der Waals surface area contributed by atoms with Gasteiger partial charge in [-0.1, -0.05) is 39.0 Å². The molecule has 7 nitrogen and oxygen atoms in total. The standard InChI is InChI=1S/C19H22N4O3/c1-19(2,3)17-13(21-11-22-17)8-9-16(25)23-14(18(20)26)10-12-6-4-5-7-15(12)24/h4-11,24H,1-3H3,(H2,20,26)(H,21,22)(H,23,25). The molecule has 5 N–H and O–H groups in total. The molecule has 0 unspecified atom stereocenters. The molecule has 0 bridgehead atoms. The minimum atomic E-state index is -0.815. The highest BCUT2D eigenvalue weighted by Crippen LogP contribution is 2.23. The Kier molecular flexibility index (Phi) is 5.61. The maximum absolute atomic E-state index is 12.1. The Hall–Kier alpha value is -3.35. The van der Waals surface area contributed by atoms with Crippen molar-refractivity contribution < 1.29 is 14.7 Å². The Morgan fingerprint density at radius 1 is 1.27 bits per heavy atom. The zero-order valence-electron chi connectivity index (χ0n) is 14.9. The number of carbonyl (C=O) groups is 2. The predicted octanol–water partition coefficient (Wildman–Crippen LogP) is 2.07. The van der Waals surface area contributed by atoms with Gasteiger partial charge in [-0.05, 0) is 18.2 Å². The number of aromatic amines is 1. The first-order valence-corrected chi connectivity index (χ1v) is 8.01. The molecule has 26 heavy (non-hydrogen) atoms. The molecular weight excluding hydrogens is 332 g/mol. The lowest BCUT2D eigenvalue weighted by atomic mass is 9.90. The number of imidazole rings is 1. The largest absolute Gasteiger partial charge is 0.507 e. The fourth-order valence-electron chi connectivity index (χ4n) is 2.29. The molecule has 2 aromatic rings. The zero-order valence-corrected chi connectivity index (χ0v) is 14.9. The van der Waals surface area contributed by atoms with E-state index in [1.165, 1.54) is 18.2 Å². The van der Waals surface area contributed by atoms with E-state index in [9.17, 15) is 14.7 Å². The summed E-state index contributed by atoms with van der Waals surface area (Å²) >= 11 is 0. The Balaban J connectivity index is 2.18.